The van der Waals surface area contributed by atoms with Gasteiger partial charge in [0.2, 0.25) is 0 Å². The molecule has 10 nitrogen and oxygen atoms in total. The number of likely N-dealkylation sites (tertiary alicyclic amines) is 3. The number of para-hydroxylation sites is 1. The molecule has 4 amide bonds. The molecule has 3 saturated heterocycles. The van der Waals surface area contributed by atoms with Crippen molar-refractivity contribution in [3.05, 3.63) is 64.7 Å². The molecule has 3 fully saturated rings. The Hall–Kier alpha value is -4.05. The summed E-state index contributed by atoms with van der Waals surface area (Å²) in [5, 5.41) is 12.8. The van der Waals surface area contributed by atoms with Gasteiger partial charge >= 0.3 is 24.5 Å². The number of urea groups is 1. The lowest BCUT2D eigenvalue weighted by molar-refractivity contribution is -0.143. The number of aliphatic hydroxyl groups excluding tert-OH is 1. The number of hydrogen-bond donors (Lipinski definition) is 2. The van der Waals surface area contributed by atoms with E-state index in [4.69, 9.17) is 4.74 Å². The second-order valence-corrected chi connectivity index (χ2v) is 13.7. The molecule has 2 N–H and O–H groups in total. The summed E-state index contributed by atoms with van der Waals surface area (Å²) in [6.45, 7) is 2.55. The molecule has 1 unspecified atom stereocenters. The average molecular weight is 726 g/mol. The number of benzene rings is 2. The third-order valence-electron chi connectivity index (χ3n) is 10.4. The monoisotopic (exact) mass is 725 g/mol. The fourth-order valence-corrected chi connectivity index (χ4v) is 7.52. The highest BCUT2D eigenvalue weighted by Crippen LogP contribution is 2.37. The normalized spacial score (nSPS) is 22.0. The minimum Gasteiger partial charge on any atom is -0.436 e. The highest BCUT2D eigenvalue weighted by molar-refractivity contribution is 5.91. The molecule has 2 aromatic rings. The van der Waals surface area contributed by atoms with Crippen molar-refractivity contribution in [1.82, 2.24) is 19.6 Å². The van der Waals surface area contributed by atoms with Gasteiger partial charge in [-0.25, -0.2) is 9.59 Å². The van der Waals surface area contributed by atoms with Crippen LogP contribution in [-0.2, 0) is 34.7 Å². The zero-order valence-electron chi connectivity index (χ0n) is 27.9. The Labute approximate surface area is 291 Å². The lowest BCUT2D eigenvalue weighted by Gasteiger charge is -2.38. The van der Waals surface area contributed by atoms with E-state index in [9.17, 15) is 45.8 Å². The first-order valence-electron chi connectivity index (χ1n) is 17.3. The van der Waals surface area contributed by atoms with E-state index in [-0.39, 0.29) is 50.4 Å². The first-order chi connectivity index (χ1) is 24.2. The zero-order chi connectivity index (χ0) is 36.5. The van der Waals surface area contributed by atoms with Gasteiger partial charge in [0.1, 0.15) is 0 Å². The van der Waals surface area contributed by atoms with Crippen LogP contribution >= 0.6 is 0 Å². The van der Waals surface area contributed by atoms with Gasteiger partial charge in [-0.2, -0.15) is 26.3 Å². The van der Waals surface area contributed by atoms with Crippen LogP contribution in [0.2, 0.25) is 0 Å². The molecule has 0 radical (unpaired) electrons. The van der Waals surface area contributed by atoms with Crippen molar-refractivity contribution in [3.8, 4) is 0 Å². The third kappa shape index (κ3) is 8.71. The van der Waals surface area contributed by atoms with Crippen molar-refractivity contribution in [2.24, 2.45) is 0 Å². The number of nitrogens with one attached hydrogen (secondary N) is 1. The number of nitrogens with zero attached hydrogens (tertiary/aromatic N) is 4. The second kappa shape index (κ2) is 14.9. The number of alkyl halides is 6. The van der Waals surface area contributed by atoms with Crippen LogP contribution in [0.25, 0.3) is 0 Å². The summed E-state index contributed by atoms with van der Waals surface area (Å²) in [6, 6.07) is 8.12. The summed E-state index contributed by atoms with van der Waals surface area (Å²) in [5.74, 6) is -0.704. The molecular weight excluding hydrogens is 684 g/mol. The van der Waals surface area contributed by atoms with Crippen molar-refractivity contribution < 1.29 is 50.6 Å². The van der Waals surface area contributed by atoms with Crippen molar-refractivity contribution >= 4 is 23.7 Å². The number of aliphatic hydroxyl groups is 1. The zero-order valence-corrected chi connectivity index (χ0v) is 27.9. The predicted molar refractivity (Wildman–Crippen MR) is 173 cm³/mol. The Kier molecular flexibility index (Phi) is 10.7. The Balaban J connectivity index is 1.16. The molecule has 0 bridgehead atoms. The van der Waals surface area contributed by atoms with Gasteiger partial charge in [-0.1, -0.05) is 18.2 Å². The van der Waals surface area contributed by atoms with Gasteiger partial charge in [0, 0.05) is 70.0 Å². The number of fused-ring (bicyclic) bond motifs is 1. The van der Waals surface area contributed by atoms with Crippen LogP contribution in [-0.4, -0.2) is 113 Å². The van der Waals surface area contributed by atoms with E-state index in [1.807, 2.05) is 24.3 Å². The number of carbonyl (C=O) groups is 3. The Morgan fingerprint density at radius 3 is 2.08 bits per heavy atom. The first kappa shape index (κ1) is 36.7. The number of amides is 4. The highest BCUT2D eigenvalue weighted by atomic mass is 19.4. The Bertz CT molecular complexity index is 1560. The first-order valence-corrected chi connectivity index (χ1v) is 17.3. The topological polar surface area (TPSA) is 106 Å². The summed E-state index contributed by atoms with van der Waals surface area (Å²) in [6.07, 6.45) is -10.7. The summed E-state index contributed by atoms with van der Waals surface area (Å²) in [4.78, 5) is 47.1. The second-order valence-electron chi connectivity index (χ2n) is 13.7. The van der Waals surface area contributed by atoms with E-state index in [0.717, 1.165) is 11.3 Å². The fraction of sp³-hybridized carbons (Fsp3) is 0.571. The van der Waals surface area contributed by atoms with Crippen LogP contribution in [0.5, 0.6) is 0 Å². The van der Waals surface area contributed by atoms with Crippen molar-refractivity contribution in [3.63, 3.8) is 0 Å². The lowest BCUT2D eigenvalue weighted by atomic mass is 10.00. The van der Waals surface area contributed by atoms with Crippen LogP contribution in [0.4, 0.5) is 41.6 Å². The van der Waals surface area contributed by atoms with Gasteiger partial charge in [-0.15, -0.1) is 0 Å². The van der Waals surface area contributed by atoms with Crippen molar-refractivity contribution in [2.75, 3.05) is 51.1 Å². The molecule has 278 valence electrons. The van der Waals surface area contributed by atoms with Gasteiger partial charge in [0.25, 0.3) is 5.91 Å². The number of hydrogen-bond acceptors (Lipinski definition) is 6. The third-order valence-corrected chi connectivity index (χ3v) is 10.4. The molecule has 0 saturated carbocycles. The van der Waals surface area contributed by atoms with E-state index in [1.165, 1.54) is 9.80 Å². The van der Waals surface area contributed by atoms with Gasteiger partial charge in [0.15, 0.2) is 6.10 Å². The molecule has 4 aliphatic heterocycles. The van der Waals surface area contributed by atoms with Gasteiger partial charge in [0.05, 0.1) is 17.2 Å². The molecule has 2 aromatic carbocycles. The number of carbonyl (C=O) groups excluding carboxylic acids is 3. The van der Waals surface area contributed by atoms with Crippen LogP contribution in [0.15, 0.2) is 42.5 Å². The number of ether oxygens (including phenoxy) is 1. The standard InChI is InChI=1S/C35H41F6N5O5/c36-34(37,38)24-17-22(18-25(20-24)35(39,40)41)19-30(31(48)45-13-8-27(21-45)43-14-9-28(47)10-15-43)51-33(50)44-11-6-26(7-12-44)46-16-5-23-3-1-2-4-29(23)42-32(46)49/h1-4,17-18,20,26-28,30,47H,5-16,19,21H2,(H,42,49)/t27?,30-/m1/s1. The van der Waals surface area contributed by atoms with Crippen LogP contribution in [0, 0.1) is 0 Å². The van der Waals surface area contributed by atoms with Crippen molar-refractivity contribution in [2.45, 2.75) is 81.6 Å². The molecule has 4 aliphatic rings. The molecule has 51 heavy (non-hydrogen) atoms. The quantitative estimate of drug-likeness (QED) is 0.388. The van der Waals surface area contributed by atoms with E-state index in [0.29, 0.717) is 70.3 Å². The van der Waals surface area contributed by atoms with Crippen molar-refractivity contribution in [1.29, 1.82) is 0 Å². The van der Waals surface area contributed by atoms with Gasteiger partial charge in [-0.05, 0) is 73.9 Å². The van der Waals surface area contributed by atoms with Gasteiger partial charge < -0.3 is 29.9 Å². The van der Waals surface area contributed by atoms with Crippen LogP contribution < -0.4 is 5.32 Å². The Morgan fingerprint density at radius 1 is 0.824 bits per heavy atom. The summed E-state index contributed by atoms with van der Waals surface area (Å²) in [5.41, 5.74) is -1.76. The number of piperidine rings is 2. The smallest absolute Gasteiger partial charge is 0.416 e. The summed E-state index contributed by atoms with van der Waals surface area (Å²) < 4.78 is 87.7. The average Bonchev–Trinajstić information content (AvgIpc) is 3.52. The molecule has 4 heterocycles. The maximum atomic E-state index is 13.9. The molecule has 0 aliphatic carbocycles. The Morgan fingerprint density at radius 2 is 1.43 bits per heavy atom. The van der Waals surface area contributed by atoms with Crippen LogP contribution in [0.1, 0.15) is 54.4 Å². The summed E-state index contributed by atoms with van der Waals surface area (Å²) in [7, 11) is 0. The van der Waals surface area contributed by atoms with E-state index in [1.54, 1.807) is 4.90 Å². The van der Waals surface area contributed by atoms with Crippen LogP contribution in [0.3, 0.4) is 0 Å². The fourth-order valence-electron chi connectivity index (χ4n) is 7.52. The number of halogens is 6. The van der Waals surface area contributed by atoms with Gasteiger partial charge in [-0.3, -0.25) is 9.69 Å². The minimum atomic E-state index is -5.09. The molecular formula is C35H41F6N5O5. The number of rotatable bonds is 6. The summed E-state index contributed by atoms with van der Waals surface area (Å²) >= 11 is 0. The molecule has 0 spiro atoms. The van der Waals surface area contributed by atoms with E-state index >= 15 is 0 Å². The largest absolute Gasteiger partial charge is 0.436 e. The lowest BCUT2D eigenvalue weighted by Crippen LogP contribution is -2.51. The number of anilines is 1. The molecule has 2 atom stereocenters. The molecule has 16 heteroatoms. The SMILES string of the molecule is O=C(O[C@H](Cc1cc(C(F)(F)F)cc(C(F)(F)F)c1)C(=O)N1CCC(N2CCC(O)CC2)C1)N1CCC(N2CCc3ccccc3NC2=O)CC1. The maximum absolute atomic E-state index is 13.9. The highest BCUT2D eigenvalue weighted by Gasteiger charge is 2.40. The molecule has 6 rings (SSSR count). The van der Waals surface area contributed by atoms with E-state index < -0.39 is 59.7 Å². The molecule has 0 aromatic heterocycles. The van der Waals surface area contributed by atoms with E-state index in [2.05, 4.69) is 10.2 Å². The predicted octanol–water partition coefficient (Wildman–Crippen LogP) is 5.38. The maximum Gasteiger partial charge on any atom is 0.416 e. The minimum absolute atomic E-state index is 0.0143.